The van der Waals surface area contributed by atoms with E-state index in [1.54, 1.807) is 27.8 Å². The van der Waals surface area contributed by atoms with Crippen molar-refractivity contribution < 1.29 is 13.2 Å². The number of carbonyl (C=O) groups excluding carboxylic acids is 1. The van der Waals surface area contributed by atoms with Crippen molar-refractivity contribution in [3.05, 3.63) is 5.69 Å². The first-order chi connectivity index (χ1) is 9.06. The summed E-state index contributed by atoms with van der Waals surface area (Å²) in [6.45, 7) is 6.65. The number of nitrogens with zero attached hydrogens (tertiary/aromatic N) is 2. The molecule has 1 aromatic heterocycles. The fraction of sp³-hybridized carbons (Fsp3) is 0.636. The number of rotatable bonds is 5. The number of aromatic nitrogens is 2. The van der Waals surface area contributed by atoms with Crippen LogP contribution in [0, 0.1) is 6.92 Å². The molecule has 0 aliphatic rings. The molecule has 1 atom stereocenters. The summed E-state index contributed by atoms with van der Waals surface area (Å²) in [5.41, 5.74) is 6.02. The number of amides is 1. The molecule has 0 fully saturated rings. The van der Waals surface area contributed by atoms with Crippen LogP contribution in [0.3, 0.4) is 0 Å². The Kier molecular flexibility index (Phi) is 4.77. The Morgan fingerprint density at radius 1 is 1.35 bits per heavy atom. The molecule has 20 heavy (non-hydrogen) atoms. The lowest BCUT2D eigenvalue weighted by molar-refractivity contribution is -0.122. The highest BCUT2D eigenvalue weighted by atomic mass is 32.2. The van der Waals surface area contributed by atoms with Crippen molar-refractivity contribution in [1.82, 2.24) is 19.8 Å². The van der Waals surface area contributed by atoms with Gasteiger partial charge in [-0.05, 0) is 27.7 Å². The molecule has 0 bridgehead atoms. The van der Waals surface area contributed by atoms with Crippen LogP contribution in [0.25, 0.3) is 0 Å². The molecule has 1 unspecified atom stereocenters. The summed E-state index contributed by atoms with van der Waals surface area (Å²) in [6.07, 6.45) is 0. The molecule has 0 aliphatic carbocycles. The minimum Gasteiger partial charge on any atom is -0.381 e. The summed E-state index contributed by atoms with van der Waals surface area (Å²) < 4.78 is 28.2. The summed E-state index contributed by atoms with van der Waals surface area (Å²) in [4.78, 5) is 11.7. The molecule has 1 aromatic rings. The molecule has 0 aromatic carbocycles. The largest absolute Gasteiger partial charge is 0.381 e. The van der Waals surface area contributed by atoms with Crippen molar-refractivity contribution in [3.63, 3.8) is 0 Å². The zero-order valence-electron chi connectivity index (χ0n) is 12.3. The van der Waals surface area contributed by atoms with E-state index in [0.29, 0.717) is 5.69 Å². The molecule has 1 amide bonds. The number of nitrogens with one attached hydrogen (secondary N) is 2. The Morgan fingerprint density at radius 3 is 2.30 bits per heavy atom. The quantitative estimate of drug-likeness (QED) is 0.677. The van der Waals surface area contributed by atoms with Crippen molar-refractivity contribution >= 4 is 21.7 Å². The van der Waals surface area contributed by atoms with E-state index in [2.05, 4.69) is 15.1 Å². The van der Waals surface area contributed by atoms with Crippen molar-refractivity contribution in [1.29, 1.82) is 0 Å². The number of hydrogen-bond acceptors (Lipinski definition) is 5. The van der Waals surface area contributed by atoms with Gasteiger partial charge in [-0.15, -0.1) is 0 Å². The topological polar surface area (TPSA) is 119 Å². The average Bonchev–Trinajstić information content (AvgIpc) is 2.51. The second-order valence-corrected chi connectivity index (χ2v) is 6.58. The van der Waals surface area contributed by atoms with Crippen molar-refractivity contribution in [2.24, 2.45) is 7.05 Å². The number of hydrogen-bond donors (Lipinski definition) is 3. The summed E-state index contributed by atoms with van der Waals surface area (Å²) in [5.74, 6) is -0.488. The highest BCUT2D eigenvalue weighted by Gasteiger charge is 2.28. The Morgan fingerprint density at radius 2 is 1.90 bits per heavy atom. The minimum atomic E-state index is -3.90. The van der Waals surface area contributed by atoms with Crippen LogP contribution in [-0.2, 0) is 21.9 Å². The summed E-state index contributed by atoms with van der Waals surface area (Å²) in [7, 11) is -2.30. The van der Waals surface area contributed by atoms with Gasteiger partial charge in [-0.2, -0.15) is 9.82 Å². The molecule has 0 radical (unpaired) electrons. The van der Waals surface area contributed by atoms with Crippen LogP contribution in [0.1, 0.15) is 26.5 Å². The lowest BCUT2D eigenvalue weighted by Gasteiger charge is -2.16. The predicted molar refractivity (Wildman–Crippen MR) is 75.4 cm³/mol. The van der Waals surface area contributed by atoms with E-state index in [-0.39, 0.29) is 16.8 Å². The molecule has 0 aliphatic heterocycles. The van der Waals surface area contributed by atoms with Gasteiger partial charge >= 0.3 is 0 Å². The SMILES string of the molecule is Cc1c(S(=O)(=O)NC(C)C(=O)NC(C)C)c(N)nn1C. The predicted octanol–water partition coefficient (Wildman–Crippen LogP) is -0.498. The van der Waals surface area contributed by atoms with Gasteiger partial charge in [0, 0.05) is 13.1 Å². The third kappa shape index (κ3) is 3.48. The van der Waals surface area contributed by atoms with Gasteiger partial charge in [0.25, 0.3) is 0 Å². The molecule has 1 rings (SSSR count). The van der Waals surface area contributed by atoms with Gasteiger partial charge in [0.15, 0.2) is 5.82 Å². The molecule has 114 valence electrons. The number of anilines is 1. The molecule has 0 spiro atoms. The number of aryl methyl sites for hydroxylation is 1. The molecule has 9 heteroatoms. The number of carbonyl (C=O) groups is 1. The van der Waals surface area contributed by atoms with Gasteiger partial charge < -0.3 is 11.1 Å². The lowest BCUT2D eigenvalue weighted by atomic mass is 10.3. The molecule has 4 N–H and O–H groups in total. The van der Waals surface area contributed by atoms with E-state index in [1.807, 2.05) is 0 Å². The normalized spacial score (nSPS) is 13.5. The van der Waals surface area contributed by atoms with Gasteiger partial charge in [-0.3, -0.25) is 9.48 Å². The van der Waals surface area contributed by atoms with Crippen LogP contribution in [0.5, 0.6) is 0 Å². The smallest absolute Gasteiger partial charge is 0.246 e. The van der Waals surface area contributed by atoms with E-state index in [1.165, 1.54) is 11.6 Å². The third-order valence-corrected chi connectivity index (χ3v) is 4.44. The summed E-state index contributed by atoms with van der Waals surface area (Å²) in [6, 6.07) is -0.971. The number of sulfonamides is 1. The molecular formula is C11H21N5O3S. The van der Waals surface area contributed by atoms with Crippen LogP contribution < -0.4 is 15.8 Å². The second kappa shape index (κ2) is 5.80. The zero-order valence-corrected chi connectivity index (χ0v) is 13.1. The van der Waals surface area contributed by atoms with E-state index < -0.39 is 22.0 Å². The number of nitrogen functional groups attached to an aromatic ring is 1. The van der Waals surface area contributed by atoms with Crippen molar-refractivity contribution in [2.45, 2.75) is 44.7 Å². The van der Waals surface area contributed by atoms with E-state index in [0.717, 1.165) is 0 Å². The molecular weight excluding hydrogens is 282 g/mol. The Bertz CT molecular complexity index is 606. The van der Waals surface area contributed by atoms with Gasteiger partial charge in [0.2, 0.25) is 15.9 Å². The van der Waals surface area contributed by atoms with Crippen LogP contribution in [-0.4, -0.2) is 36.2 Å². The van der Waals surface area contributed by atoms with E-state index in [9.17, 15) is 13.2 Å². The lowest BCUT2D eigenvalue weighted by Crippen LogP contribution is -2.46. The summed E-state index contributed by atoms with van der Waals surface area (Å²) in [5, 5.41) is 6.49. The standard InChI is InChI=1S/C11H21N5O3S/c1-6(2)13-11(17)7(3)15-20(18,19)9-8(4)16(5)14-10(9)12/h6-7,15H,1-5H3,(H2,12,14)(H,13,17). The van der Waals surface area contributed by atoms with Crippen LogP contribution in [0.15, 0.2) is 4.90 Å². The van der Waals surface area contributed by atoms with Crippen LogP contribution in [0.2, 0.25) is 0 Å². The Balaban J connectivity index is 2.98. The zero-order chi connectivity index (χ0) is 15.7. The van der Waals surface area contributed by atoms with Crippen molar-refractivity contribution in [3.8, 4) is 0 Å². The van der Waals surface area contributed by atoms with Crippen LogP contribution in [0.4, 0.5) is 5.82 Å². The molecule has 8 nitrogen and oxygen atoms in total. The molecule has 1 heterocycles. The van der Waals surface area contributed by atoms with Gasteiger partial charge in [-0.25, -0.2) is 8.42 Å². The molecule has 0 saturated carbocycles. The highest BCUT2D eigenvalue weighted by Crippen LogP contribution is 2.21. The van der Waals surface area contributed by atoms with E-state index in [4.69, 9.17) is 5.73 Å². The van der Waals surface area contributed by atoms with Gasteiger partial charge in [-0.1, -0.05) is 0 Å². The molecule has 0 saturated heterocycles. The average molecular weight is 303 g/mol. The maximum absolute atomic E-state index is 12.3. The second-order valence-electron chi connectivity index (χ2n) is 4.93. The van der Waals surface area contributed by atoms with E-state index >= 15 is 0 Å². The minimum absolute atomic E-state index is 0.0698. The maximum atomic E-state index is 12.3. The highest BCUT2D eigenvalue weighted by molar-refractivity contribution is 7.89. The monoisotopic (exact) mass is 303 g/mol. The van der Waals surface area contributed by atoms with Gasteiger partial charge in [0.05, 0.1) is 11.7 Å². The third-order valence-electron chi connectivity index (χ3n) is 2.73. The number of nitrogens with two attached hydrogens (primary N) is 1. The summed E-state index contributed by atoms with van der Waals surface area (Å²) >= 11 is 0. The van der Waals surface area contributed by atoms with Crippen molar-refractivity contribution in [2.75, 3.05) is 5.73 Å². The van der Waals surface area contributed by atoms with Crippen LogP contribution >= 0.6 is 0 Å². The first-order valence-electron chi connectivity index (χ1n) is 6.18. The fourth-order valence-corrected chi connectivity index (χ4v) is 3.23. The van der Waals surface area contributed by atoms with Gasteiger partial charge in [0.1, 0.15) is 4.90 Å². The first-order valence-corrected chi connectivity index (χ1v) is 7.66. The fourth-order valence-electron chi connectivity index (χ4n) is 1.70. The first kappa shape index (κ1) is 16.4. The Labute approximate surface area is 118 Å². The Hall–Kier alpha value is -1.61. The maximum Gasteiger partial charge on any atom is 0.246 e.